The van der Waals surface area contributed by atoms with E-state index in [1.54, 1.807) is 11.8 Å². The predicted molar refractivity (Wildman–Crippen MR) is 133 cm³/mol. The SMILES string of the molecule is CNCCc1ccc(F)cc1.Cc1oc(-c2ccc(CNC3CC3)cc2)nc1CSCC=O. The lowest BCUT2D eigenvalue weighted by Crippen LogP contribution is -2.14. The normalized spacial score (nSPS) is 12.8. The van der Waals surface area contributed by atoms with Crippen LogP contribution in [-0.4, -0.2) is 36.7 Å². The Morgan fingerprint density at radius 3 is 2.45 bits per heavy atom. The van der Waals surface area contributed by atoms with Crippen LogP contribution in [0.5, 0.6) is 0 Å². The number of nitrogens with one attached hydrogen (secondary N) is 2. The van der Waals surface area contributed by atoms with Gasteiger partial charge in [-0.1, -0.05) is 24.3 Å². The van der Waals surface area contributed by atoms with E-state index in [0.717, 1.165) is 48.9 Å². The van der Waals surface area contributed by atoms with Gasteiger partial charge in [-0.2, -0.15) is 0 Å². The highest BCUT2D eigenvalue weighted by Crippen LogP contribution is 2.25. The molecule has 4 rings (SSSR count). The number of thioether (sulfide) groups is 1. The molecule has 0 radical (unpaired) electrons. The van der Waals surface area contributed by atoms with Crippen LogP contribution < -0.4 is 10.6 Å². The van der Waals surface area contributed by atoms with Crippen LogP contribution >= 0.6 is 11.8 Å². The maximum atomic E-state index is 12.4. The number of aryl methyl sites for hydroxylation is 1. The Morgan fingerprint density at radius 2 is 1.82 bits per heavy atom. The van der Waals surface area contributed by atoms with Gasteiger partial charge in [-0.3, -0.25) is 0 Å². The second-order valence-electron chi connectivity index (χ2n) is 8.04. The maximum absolute atomic E-state index is 12.4. The van der Waals surface area contributed by atoms with Gasteiger partial charge in [-0.25, -0.2) is 9.37 Å². The van der Waals surface area contributed by atoms with E-state index in [1.807, 2.05) is 26.1 Å². The molecule has 1 aliphatic carbocycles. The third-order valence-corrected chi connectivity index (χ3v) is 6.12. The molecule has 33 heavy (non-hydrogen) atoms. The summed E-state index contributed by atoms with van der Waals surface area (Å²) >= 11 is 1.55. The Hall–Kier alpha value is -2.48. The number of nitrogens with zero attached hydrogens (tertiary/aromatic N) is 1. The van der Waals surface area contributed by atoms with Crippen molar-refractivity contribution in [1.29, 1.82) is 0 Å². The van der Waals surface area contributed by atoms with Crippen LogP contribution in [0.1, 0.15) is 35.4 Å². The smallest absolute Gasteiger partial charge is 0.226 e. The molecule has 7 heteroatoms. The van der Waals surface area contributed by atoms with Gasteiger partial charge in [0.1, 0.15) is 17.9 Å². The molecule has 0 unspecified atom stereocenters. The zero-order chi connectivity index (χ0) is 23.5. The molecule has 1 heterocycles. The van der Waals surface area contributed by atoms with Gasteiger partial charge >= 0.3 is 0 Å². The van der Waals surface area contributed by atoms with Gasteiger partial charge in [0.2, 0.25) is 5.89 Å². The van der Waals surface area contributed by atoms with Crippen molar-refractivity contribution in [2.24, 2.45) is 0 Å². The number of hydrogen-bond donors (Lipinski definition) is 2. The Balaban J connectivity index is 0.000000235. The molecular weight excluding hydrogens is 437 g/mol. The lowest BCUT2D eigenvalue weighted by molar-refractivity contribution is -0.105. The highest BCUT2D eigenvalue weighted by atomic mass is 32.2. The molecule has 1 fully saturated rings. The van der Waals surface area contributed by atoms with Crippen molar-refractivity contribution in [3.05, 3.63) is 76.9 Å². The van der Waals surface area contributed by atoms with E-state index in [-0.39, 0.29) is 5.82 Å². The van der Waals surface area contributed by atoms with Gasteiger partial charge in [-0.15, -0.1) is 11.8 Å². The minimum Gasteiger partial charge on any atom is -0.441 e. The second kappa shape index (κ2) is 13.3. The minimum absolute atomic E-state index is 0.168. The molecule has 1 aromatic heterocycles. The average molecular weight is 470 g/mol. The lowest BCUT2D eigenvalue weighted by atomic mass is 10.1. The molecule has 5 nitrogen and oxygen atoms in total. The van der Waals surface area contributed by atoms with Crippen LogP contribution in [-0.2, 0) is 23.5 Å². The number of carbonyl (C=O) groups excluding carboxylic acids is 1. The van der Waals surface area contributed by atoms with E-state index in [4.69, 9.17) is 4.42 Å². The summed E-state index contributed by atoms with van der Waals surface area (Å²) in [4.78, 5) is 14.9. The van der Waals surface area contributed by atoms with Crippen LogP contribution in [0.25, 0.3) is 11.5 Å². The first kappa shape index (κ1) is 25.1. The zero-order valence-electron chi connectivity index (χ0n) is 19.3. The Kier molecular flexibility index (Phi) is 10.1. The molecule has 0 aliphatic heterocycles. The van der Waals surface area contributed by atoms with E-state index in [2.05, 4.69) is 39.9 Å². The van der Waals surface area contributed by atoms with Crippen LogP contribution in [0, 0.1) is 12.7 Å². The quantitative estimate of drug-likeness (QED) is 0.307. The van der Waals surface area contributed by atoms with E-state index in [9.17, 15) is 9.18 Å². The first-order valence-electron chi connectivity index (χ1n) is 11.3. The molecule has 2 aromatic carbocycles. The first-order valence-corrected chi connectivity index (χ1v) is 12.4. The topological polar surface area (TPSA) is 67.2 Å². The molecule has 0 atom stereocenters. The molecule has 3 aromatic rings. The lowest BCUT2D eigenvalue weighted by Gasteiger charge is -2.03. The van der Waals surface area contributed by atoms with Crippen LogP contribution in [0.2, 0.25) is 0 Å². The number of carbonyl (C=O) groups is 1. The molecule has 176 valence electrons. The minimum atomic E-state index is -0.168. The molecule has 0 bridgehead atoms. The van der Waals surface area contributed by atoms with Crippen molar-refractivity contribution in [2.75, 3.05) is 19.3 Å². The van der Waals surface area contributed by atoms with Gasteiger partial charge in [0.15, 0.2) is 0 Å². The van der Waals surface area contributed by atoms with Crippen molar-refractivity contribution >= 4 is 18.0 Å². The molecule has 2 N–H and O–H groups in total. The Labute approximate surface area is 199 Å². The van der Waals surface area contributed by atoms with E-state index in [1.165, 1.54) is 36.1 Å². The predicted octanol–water partition coefficient (Wildman–Crippen LogP) is 4.92. The fraction of sp³-hybridized carbons (Fsp3) is 0.385. The Morgan fingerprint density at radius 1 is 1.12 bits per heavy atom. The molecule has 0 amide bonds. The monoisotopic (exact) mass is 469 g/mol. The molecule has 0 spiro atoms. The van der Waals surface area contributed by atoms with Crippen LogP contribution in [0.4, 0.5) is 4.39 Å². The number of aldehydes is 1. The van der Waals surface area contributed by atoms with Crippen molar-refractivity contribution in [2.45, 2.75) is 44.5 Å². The maximum Gasteiger partial charge on any atom is 0.226 e. The van der Waals surface area contributed by atoms with Crippen molar-refractivity contribution in [1.82, 2.24) is 15.6 Å². The van der Waals surface area contributed by atoms with Gasteiger partial charge in [0.25, 0.3) is 0 Å². The summed E-state index contributed by atoms with van der Waals surface area (Å²) in [6, 6.07) is 15.7. The number of halogens is 1. The summed E-state index contributed by atoms with van der Waals surface area (Å²) in [7, 11) is 1.91. The Bertz CT molecular complexity index is 986. The summed E-state index contributed by atoms with van der Waals surface area (Å²) in [5.41, 5.74) is 4.35. The van der Waals surface area contributed by atoms with E-state index >= 15 is 0 Å². The van der Waals surface area contributed by atoms with Gasteiger partial charge in [0, 0.05) is 29.7 Å². The number of oxazole rings is 1. The highest BCUT2D eigenvalue weighted by molar-refractivity contribution is 7.99. The second-order valence-corrected chi connectivity index (χ2v) is 9.07. The van der Waals surface area contributed by atoms with Crippen LogP contribution in [0.15, 0.2) is 52.9 Å². The number of hydrogen-bond acceptors (Lipinski definition) is 6. The third kappa shape index (κ3) is 8.76. The highest BCUT2D eigenvalue weighted by Gasteiger charge is 2.20. The molecule has 0 saturated heterocycles. The average Bonchev–Trinajstić information content (AvgIpc) is 3.60. The summed E-state index contributed by atoms with van der Waals surface area (Å²) in [6.07, 6.45) is 4.48. The summed E-state index contributed by atoms with van der Waals surface area (Å²) in [6.45, 7) is 3.77. The van der Waals surface area contributed by atoms with Gasteiger partial charge in [-0.05, 0) is 75.2 Å². The summed E-state index contributed by atoms with van der Waals surface area (Å²) < 4.78 is 18.1. The van der Waals surface area contributed by atoms with Gasteiger partial charge in [0.05, 0.1) is 5.69 Å². The fourth-order valence-electron chi connectivity index (χ4n) is 3.12. The van der Waals surface area contributed by atoms with Crippen molar-refractivity contribution in [3.63, 3.8) is 0 Å². The largest absolute Gasteiger partial charge is 0.441 e. The van der Waals surface area contributed by atoms with Crippen molar-refractivity contribution in [3.8, 4) is 11.5 Å². The van der Waals surface area contributed by atoms with Gasteiger partial charge < -0.3 is 19.8 Å². The molecular formula is C26H32FN3O2S. The zero-order valence-corrected chi connectivity index (χ0v) is 20.1. The first-order chi connectivity index (χ1) is 16.1. The summed E-state index contributed by atoms with van der Waals surface area (Å²) in [5, 5.41) is 6.54. The number of benzene rings is 2. The molecule has 1 aliphatic rings. The van der Waals surface area contributed by atoms with E-state index < -0.39 is 0 Å². The number of aromatic nitrogens is 1. The van der Waals surface area contributed by atoms with Crippen molar-refractivity contribution < 1.29 is 13.6 Å². The number of likely N-dealkylation sites (N-methyl/N-ethyl adjacent to an activating group) is 1. The molecule has 1 saturated carbocycles. The third-order valence-electron chi connectivity index (χ3n) is 5.27. The summed E-state index contributed by atoms with van der Waals surface area (Å²) in [5.74, 6) is 2.51. The standard InChI is InChI=1S/C17H20N2O2S.C9H12FN/c1-12-16(11-22-9-8-20)19-17(21-12)14-4-2-13(3-5-14)10-18-15-6-7-15;1-11-7-6-8-2-4-9(10)5-3-8/h2-5,8,15,18H,6-7,9-11H2,1H3;2-5,11H,6-7H2,1H3. The number of rotatable bonds is 11. The fourth-order valence-corrected chi connectivity index (χ4v) is 3.80. The van der Waals surface area contributed by atoms with E-state index in [0.29, 0.717) is 17.4 Å². The van der Waals surface area contributed by atoms with Crippen LogP contribution in [0.3, 0.4) is 0 Å².